The van der Waals surface area contributed by atoms with Gasteiger partial charge in [-0.2, -0.15) is 0 Å². The van der Waals surface area contributed by atoms with Gasteiger partial charge in [-0.05, 0) is 44.2 Å². The normalized spacial score (nSPS) is 30.7. The second kappa shape index (κ2) is 12.5. The van der Waals surface area contributed by atoms with Gasteiger partial charge in [-0.25, -0.2) is 0 Å². The Morgan fingerprint density at radius 1 is 1.15 bits per heavy atom. The highest BCUT2D eigenvalue weighted by molar-refractivity contribution is 6.03. The van der Waals surface area contributed by atoms with Crippen molar-refractivity contribution in [3.05, 3.63) is 55.6 Å². The number of aliphatic hydroxyl groups excluding tert-OH is 1. The molecule has 3 unspecified atom stereocenters. The molecule has 41 heavy (non-hydrogen) atoms. The van der Waals surface area contributed by atoms with Crippen molar-refractivity contribution in [2.75, 3.05) is 31.1 Å². The molecule has 0 saturated carbocycles. The molecule has 1 aromatic rings. The van der Waals surface area contributed by atoms with Crippen LogP contribution in [-0.2, 0) is 19.1 Å². The van der Waals surface area contributed by atoms with Crippen molar-refractivity contribution >= 4 is 23.4 Å². The lowest BCUT2D eigenvalue weighted by Crippen LogP contribution is -2.59. The SMILES string of the molecule is C=CCN(CCCCC)C(=O)C1N([C@@H](CC)CO)C(=O)[C@@H]2[C@@H](C(=O)N(CC=C)c3ccccc3)[C@]3(C)OC12CC3C. The molecule has 1 spiro atoms. The molecule has 8 heteroatoms. The number of carbonyl (C=O) groups is 3. The minimum atomic E-state index is -1.16. The first-order chi connectivity index (χ1) is 19.7. The summed E-state index contributed by atoms with van der Waals surface area (Å²) in [5, 5.41) is 10.4. The number of carbonyl (C=O) groups excluding carboxylic acids is 3. The van der Waals surface area contributed by atoms with E-state index in [-0.39, 0.29) is 36.8 Å². The third-order valence-corrected chi connectivity index (χ3v) is 9.67. The van der Waals surface area contributed by atoms with Crippen molar-refractivity contribution in [3.63, 3.8) is 0 Å². The zero-order chi connectivity index (χ0) is 29.9. The average Bonchev–Trinajstić information content (AvgIpc) is 3.48. The van der Waals surface area contributed by atoms with Crippen LogP contribution in [0.2, 0.25) is 0 Å². The molecule has 3 fully saturated rings. The van der Waals surface area contributed by atoms with E-state index in [4.69, 9.17) is 4.74 Å². The fourth-order valence-corrected chi connectivity index (χ4v) is 7.54. The number of aliphatic hydroxyl groups is 1. The van der Waals surface area contributed by atoms with Gasteiger partial charge < -0.3 is 24.5 Å². The van der Waals surface area contributed by atoms with Gasteiger partial charge in [-0.15, -0.1) is 13.2 Å². The van der Waals surface area contributed by atoms with Gasteiger partial charge in [0, 0.05) is 25.3 Å². The predicted molar refractivity (Wildman–Crippen MR) is 160 cm³/mol. The van der Waals surface area contributed by atoms with E-state index in [1.54, 1.807) is 26.9 Å². The van der Waals surface area contributed by atoms with Gasteiger partial charge in [0.15, 0.2) is 0 Å². The van der Waals surface area contributed by atoms with Crippen LogP contribution in [0, 0.1) is 17.8 Å². The fraction of sp³-hybridized carbons (Fsp3) is 0.606. The van der Waals surface area contributed by atoms with Crippen LogP contribution in [0.15, 0.2) is 55.6 Å². The van der Waals surface area contributed by atoms with Crippen LogP contribution >= 0.6 is 0 Å². The highest BCUT2D eigenvalue weighted by Gasteiger charge is 2.80. The van der Waals surface area contributed by atoms with Crippen molar-refractivity contribution in [3.8, 4) is 0 Å². The Balaban J connectivity index is 1.83. The summed E-state index contributed by atoms with van der Waals surface area (Å²) in [5.41, 5.74) is -1.37. The summed E-state index contributed by atoms with van der Waals surface area (Å²) in [4.78, 5) is 48.6. The van der Waals surface area contributed by atoms with Crippen LogP contribution in [-0.4, -0.2) is 82.2 Å². The molecule has 1 aromatic carbocycles. The molecule has 3 heterocycles. The van der Waals surface area contributed by atoms with Crippen molar-refractivity contribution in [1.82, 2.24) is 9.80 Å². The first-order valence-electron chi connectivity index (χ1n) is 15.2. The fourth-order valence-electron chi connectivity index (χ4n) is 7.54. The number of benzene rings is 1. The van der Waals surface area contributed by atoms with Crippen LogP contribution in [0.25, 0.3) is 0 Å². The second-order valence-electron chi connectivity index (χ2n) is 12.0. The van der Waals surface area contributed by atoms with Gasteiger partial charge in [0.05, 0.1) is 30.1 Å². The number of likely N-dealkylation sites (tertiary alicyclic amines) is 1. The molecule has 0 aromatic heterocycles. The summed E-state index contributed by atoms with van der Waals surface area (Å²) in [6.07, 6.45) is 7.19. The molecule has 0 radical (unpaired) electrons. The maximum absolute atomic E-state index is 14.5. The monoisotopic (exact) mass is 565 g/mol. The number of ether oxygens (including phenoxy) is 1. The first-order valence-corrected chi connectivity index (χ1v) is 15.2. The average molecular weight is 566 g/mol. The van der Waals surface area contributed by atoms with E-state index in [1.807, 2.05) is 51.1 Å². The predicted octanol–water partition coefficient (Wildman–Crippen LogP) is 4.19. The highest BCUT2D eigenvalue weighted by atomic mass is 16.5. The number of amides is 3. The van der Waals surface area contributed by atoms with Crippen LogP contribution in [0.3, 0.4) is 0 Å². The Morgan fingerprint density at radius 3 is 2.41 bits per heavy atom. The van der Waals surface area contributed by atoms with Crippen LogP contribution < -0.4 is 4.90 Å². The zero-order valence-electron chi connectivity index (χ0n) is 25.1. The number of unbranched alkanes of at least 4 members (excludes halogenated alkanes) is 2. The van der Waals surface area contributed by atoms with Crippen molar-refractivity contribution in [2.45, 2.75) is 83.1 Å². The lowest BCUT2D eigenvalue weighted by atomic mass is 9.62. The first kappa shape index (κ1) is 31.0. The summed E-state index contributed by atoms with van der Waals surface area (Å²) in [7, 11) is 0. The third-order valence-electron chi connectivity index (χ3n) is 9.67. The molecule has 3 aliphatic heterocycles. The summed E-state index contributed by atoms with van der Waals surface area (Å²) >= 11 is 0. The van der Waals surface area contributed by atoms with Gasteiger partial charge in [0.25, 0.3) is 0 Å². The molecule has 3 saturated heterocycles. The van der Waals surface area contributed by atoms with Gasteiger partial charge in [-0.1, -0.05) is 64.0 Å². The third kappa shape index (κ3) is 5.03. The highest BCUT2D eigenvalue weighted by Crippen LogP contribution is 2.66. The van der Waals surface area contributed by atoms with Gasteiger partial charge in [0.1, 0.15) is 11.6 Å². The van der Waals surface area contributed by atoms with Crippen molar-refractivity contribution in [2.24, 2.45) is 17.8 Å². The second-order valence-corrected chi connectivity index (χ2v) is 12.0. The lowest BCUT2D eigenvalue weighted by Gasteiger charge is -2.39. The Kier molecular flexibility index (Phi) is 9.44. The molecular weight excluding hydrogens is 518 g/mol. The molecule has 0 aliphatic carbocycles. The number of hydrogen-bond acceptors (Lipinski definition) is 5. The zero-order valence-corrected chi connectivity index (χ0v) is 25.1. The molecule has 2 bridgehead atoms. The number of fused-ring (bicyclic) bond motifs is 1. The maximum Gasteiger partial charge on any atom is 0.248 e. The number of para-hydroxylation sites is 1. The molecule has 1 N–H and O–H groups in total. The quantitative estimate of drug-likeness (QED) is 0.270. The maximum atomic E-state index is 14.5. The lowest BCUT2D eigenvalue weighted by molar-refractivity contribution is -0.155. The van der Waals surface area contributed by atoms with Gasteiger partial charge in [0.2, 0.25) is 17.7 Å². The molecular formula is C33H47N3O5. The Hall–Kier alpha value is -2.97. The molecule has 4 rings (SSSR count). The van der Waals surface area contributed by atoms with E-state index in [0.717, 1.165) is 24.9 Å². The molecule has 3 aliphatic rings. The van der Waals surface area contributed by atoms with Crippen LogP contribution in [0.4, 0.5) is 5.69 Å². The standard InChI is InChI=1S/C33H47N3O5/c1-7-11-15-20-34(18-8-2)31(40)28-33-21-23(5)32(6,41-33)26(27(33)30(39)36(28)24(10-4)22-37)29(38)35(19-9-3)25-16-13-12-14-17-25/h8-9,12-14,16-17,23-24,26-28,37H,2-3,7,10-11,15,18-22H2,1,4-6H3/t23?,24-,26-,27-,28?,32+,33?/m0/s1. The van der Waals surface area contributed by atoms with Crippen molar-refractivity contribution in [1.29, 1.82) is 0 Å². The Morgan fingerprint density at radius 2 is 1.83 bits per heavy atom. The van der Waals surface area contributed by atoms with E-state index < -0.39 is 35.1 Å². The number of rotatable bonds is 14. The Labute approximate surface area is 245 Å². The van der Waals surface area contributed by atoms with E-state index in [9.17, 15) is 19.5 Å². The summed E-state index contributed by atoms with van der Waals surface area (Å²) in [5.74, 6) is -2.37. The molecule has 224 valence electrons. The minimum Gasteiger partial charge on any atom is -0.394 e. The van der Waals surface area contributed by atoms with E-state index in [0.29, 0.717) is 25.9 Å². The van der Waals surface area contributed by atoms with Crippen LogP contribution in [0.5, 0.6) is 0 Å². The topological polar surface area (TPSA) is 90.4 Å². The Bertz CT molecular complexity index is 1140. The van der Waals surface area contributed by atoms with Gasteiger partial charge in [-0.3, -0.25) is 14.4 Å². The summed E-state index contributed by atoms with van der Waals surface area (Å²) in [6, 6.07) is 7.90. The molecule has 3 amide bonds. The van der Waals surface area contributed by atoms with E-state index in [1.165, 1.54) is 0 Å². The largest absolute Gasteiger partial charge is 0.394 e. The van der Waals surface area contributed by atoms with Crippen molar-refractivity contribution < 1.29 is 24.2 Å². The van der Waals surface area contributed by atoms with Gasteiger partial charge >= 0.3 is 0 Å². The number of hydrogen-bond donors (Lipinski definition) is 1. The molecule has 8 nitrogen and oxygen atoms in total. The summed E-state index contributed by atoms with van der Waals surface area (Å²) < 4.78 is 6.92. The number of nitrogens with zero attached hydrogens (tertiary/aromatic N) is 3. The summed E-state index contributed by atoms with van der Waals surface area (Å²) in [6.45, 7) is 16.6. The minimum absolute atomic E-state index is 0.0701. The van der Waals surface area contributed by atoms with E-state index in [2.05, 4.69) is 20.1 Å². The number of anilines is 1. The van der Waals surface area contributed by atoms with Crippen LogP contribution in [0.1, 0.15) is 59.8 Å². The van der Waals surface area contributed by atoms with E-state index >= 15 is 0 Å². The molecule has 7 atom stereocenters. The smallest absolute Gasteiger partial charge is 0.248 e.